The molecule has 0 amide bonds. The number of hydrogen-bond donors (Lipinski definition) is 0. The smallest absolute Gasteiger partial charge is 0.0105 e. The molecule has 0 heteroatoms. The third-order valence-electron chi connectivity index (χ3n) is 20.5. The average molecular weight is 1640 g/mol. The van der Waals surface area contributed by atoms with E-state index >= 15 is 0 Å². The summed E-state index contributed by atoms with van der Waals surface area (Å²) in [5.74, 6) is 2.45. The molecule has 0 aromatic heterocycles. The predicted octanol–water partition coefficient (Wildman–Crippen LogP) is 40.2. The van der Waals surface area contributed by atoms with Crippen molar-refractivity contribution in [3.05, 3.63) is 321 Å². The van der Waals surface area contributed by atoms with Crippen LogP contribution in [0.5, 0.6) is 0 Å². The minimum Gasteiger partial charge on any atom is -0.0683 e. The van der Waals surface area contributed by atoms with Crippen LogP contribution >= 0.6 is 0 Å². The van der Waals surface area contributed by atoms with Gasteiger partial charge in [0.2, 0.25) is 0 Å². The van der Waals surface area contributed by atoms with Gasteiger partial charge in [-0.05, 0) is 228 Å². The van der Waals surface area contributed by atoms with Gasteiger partial charge in [0.25, 0.3) is 0 Å². The summed E-state index contributed by atoms with van der Waals surface area (Å²) >= 11 is 0. The molecule has 0 aliphatic heterocycles. The maximum absolute atomic E-state index is 2.47. The zero-order chi connectivity index (χ0) is 93.0. The molecule has 0 saturated carbocycles. The molecule has 0 N–H and O–H groups in total. The number of rotatable bonds is 16. The number of fused-ring (bicyclic) bond motifs is 6. The first-order chi connectivity index (χ1) is 58.9. The summed E-state index contributed by atoms with van der Waals surface area (Å²) in [7, 11) is 0. The van der Waals surface area contributed by atoms with Gasteiger partial charge < -0.3 is 0 Å². The fourth-order valence-electron chi connectivity index (χ4n) is 13.8. The summed E-state index contributed by atoms with van der Waals surface area (Å²) in [5.41, 5.74) is 32.8. The van der Waals surface area contributed by atoms with Crippen molar-refractivity contribution in [3.8, 4) is 55.6 Å². The van der Waals surface area contributed by atoms with Crippen LogP contribution in [0, 0.1) is 80.1 Å². The quantitative estimate of drug-likeness (QED) is 0.0846. The van der Waals surface area contributed by atoms with E-state index in [0.717, 1.165) is 17.8 Å². The molecule has 0 spiro atoms. The monoisotopic (exact) mass is 1640 g/mol. The van der Waals surface area contributed by atoms with Crippen LogP contribution in [0.2, 0.25) is 0 Å². The second-order valence-electron chi connectivity index (χ2n) is 28.2. The maximum Gasteiger partial charge on any atom is -0.0105 e. The van der Waals surface area contributed by atoms with Crippen molar-refractivity contribution in [2.45, 2.75) is 341 Å². The molecule has 0 fully saturated rings. The molecule has 1 aliphatic rings. The molecule has 12 aromatic carbocycles. The van der Waals surface area contributed by atoms with Crippen molar-refractivity contribution >= 4 is 21.5 Å². The Bertz CT molecular complexity index is 4410. The second kappa shape index (κ2) is 73.8. The number of hydrogen-bond acceptors (Lipinski definition) is 0. The van der Waals surface area contributed by atoms with E-state index in [1.807, 2.05) is 166 Å². The Kier molecular flexibility index (Phi) is 72.3. The highest BCUT2D eigenvalue weighted by atomic mass is 14.2. The van der Waals surface area contributed by atoms with Gasteiger partial charge in [0.1, 0.15) is 0 Å². The van der Waals surface area contributed by atoms with Gasteiger partial charge in [-0.25, -0.2) is 0 Å². The minimum absolute atomic E-state index is 0.805. The van der Waals surface area contributed by atoms with Gasteiger partial charge in [-0.3, -0.25) is 0 Å². The molecule has 13 rings (SSSR count). The van der Waals surface area contributed by atoms with Crippen molar-refractivity contribution < 1.29 is 0 Å². The Hall–Kier alpha value is -8.84. The third kappa shape index (κ3) is 42.7. The largest absolute Gasteiger partial charge is 0.0683 e. The van der Waals surface area contributed by atoms with Crippen LogP contribution in [0.25, 0.3) is 77.2 Å². The van der Waals surface area contributed by atoms with E-state index in [4.69, 9.17) is 0 Å². The maximum atomic E-state index is 2.47. The lowest BCUT2D eigenvalue weighted by Crippen LogP contribution is -2.07. The molecule has 0 nitrogen and oxygen atoms in total. The van der Waals surface area contributed by atoms with E-state index < -0.39 is 0 Å². The highest BCUT2D eigenvalue weighted by Crippen LogP contribution is 2.36. The van der Waals surface area contributed by atoms with Crippen molar-refractivity contribution in [1.82, 2.24) is 0 Å². The topological polar surface area (TPSA) is 0 Å². The predicted molar refractivity (Wildman–Crippen MR) is 564 cm³/mol. The van der Waals surface area contributed by atoms with E-state index in [1.165, 1.54) is 220 Å². The molecule has 0 atom stereocenters. The lowest BCUT2D eigenvalue weighted by molar-refractivity contribution is 0.490. The first kappa shape index (κ1) is 118. The highest BCUT2D eigenvalue weighted by Gasteiger charge is 2.18. The van der Waals surface area contributed by atoms with Crippen LogP contribution in [-0.4, -0.2) is 0 Å². The van der Waals surface area contributed by atoms with Crippen molar-refractivity contribution in [1.29, 1.82) is 0 Å². The zero-order valence-corrected chi connectivity index (χ0v) is 85.6. The standard InChI is InChI=1S/C25H28.C21H26.C21H24.2C15H16.12C2H6/c1-4-20(5-2)18-21-8-12-23(13-9-21)25-16-14-24(15-17-25)22-10-6-19(3)7-11-22;2*1-4-16(5-2)13-17-7-11-21-19(14-17)9-8-18-12-15(3)6-10-20(18)21;1-11-4-7-14(8-5-11)15-9-6-12(2)13(3)10-15;1-11-4-6-14(7-5-11)15-9-12(2)8-13(3)10-15;12*1-2/h6-17,20H,4-5,18H2,1-3H3;6-7,10-12,14,16H,4-5,8-9,13H2,1-3H3;6-12,14,16H,4-5,13H2,1-3H3;2*4-10H,1-3H3;12*1-2H3. The molecular formula is C121H182. The van der Waals surface area contributed by atoms with Crippen molar-refractivity contribution in [3.63, 3.8) is 0 Å². The van der Waals surface area contributed by atoms with E-state index in [-0.39, 0.29) is 0 Å². The summed E-state index contributed by atoms with van der Waals surface area (Å²) in [6, 6.07) is 89.8. The summed E-state index contributed by atoms with van der Waals surface area (Å²) in [5, 5.41) is 5.46. The second-order valence-corrected chi connectivity index (χ2v) is 28.2. The van der Waals surface area contributed by atoms with E-state index in [2.05, 4.69) is 347 Å². The lowest BCUT2D eigenvalue weighted by atomic mass is 9.83. The molecule has 0 radical (unpaired) electrons. The molecule has 0 bridgehead atoms. The Labute approximate surface area is 751 Å². The average Bonchev–Trinajstić information content (AvgIpc) is 0.795. The third-order valence-corrected chi connectivity index (χ3v) is 20.5. The van der Waals surface area contributed by atoms with Crippen molar-refractivity contribution in [2.24, 2.45) is 17.8 Å². The normalized spacial score (nSPS) is 9.74. The molecule has 666 valence electrons. The van der Waals surface area contributed by atoms with Crippen LogP contribution in [-0.2, 0) is 32.1 Å². The Balaban J connectivity index is -0.000000669. The van der Waals surface area contributed by atoms with Crippen LogP contribution in [0.4, 0.5) is 0 Å². The van der Waals surface area contributed by atoms with Crippen LogP contribution in [0.1, 0.15) is 324 Å². The Morgan fingerprint density at radius 3 is 0.835 bits per heavy atom. The van der Waals surface area contributed by atoms with E-state index in [0.29, 0.717) is 0 Å². The molecule has 0 heterocycles. The van der Waals surface area contributed by atoms with Gasteiger partial charge >= 0.3 is 0 Å². The number of aryl methyl sites for hydroxylation is 11. The van der Waals surface area contributed by atoms with Crippen LogP contribution < -0.4 is 0 Å². The Morgan fingerprint density at radius 1 is 0.190 bits per heavy atom. The highest BCUT2D eigenvalue weighted by molar-refractivity contribution is 6.07. The summed E-state index contributed by atoms with van der Waals surface area (Å²) in [6.07, 6.45) is 13.7. The van der Waals surface area contributed by atoms with Gasteiger partial charge in [0.15, 0.2) is 0 Å². The molecule has 0 unspecified atom stereocenters. The molecular weight excluding hydrogens is 1450 g/mol. The Morgan fingerprint density at radius 2 is 0.455 bits per heavy atom. The lowest BCUT2D eigenvalue weighted by Gasteiger charge is -2.22. The minimum atomic E-state index is 0.805. The molecule has 0 saturated heterocycles. The first-order valence-corrected chi connectivity index (χ1v) is 48.6. The summed E-state index contributed by atoms with van der Waals surface area (Å²) in [6.45, 7) is 81.1. The van der Waals surface area contributed by atoms with Gasteiger partial charge in [-0.2, -0.15) is 0 Å². The molecule has 1 aliphatic carbocycles. The molecule has 121 heavy (non-hydrogen) atoms. The van der Waals surface area contributed by atoms with Crippen LogP contribution in [0.3, 0.4) is 0 Å². The van der Waals surface area contributed by atoms with Crippen LogP contribution in [0.15, 0.2) is 243 Å². The number of benzene rings is 12. The molecule has 12 aromatic rings. The SMILES string of the molecule is CC.CC.CC.CC.CC.CC.CC.CC.CC.CC.CC.CC.CCC(CC)Cc1ccc(-c2ccc(-c3ccc(C)cc3)cc2)cc1.CCC(CC)Cc1ccc2c(c1)CCc1cc(C)ccc1-2.CCC(CC)Cc1ccc2c(ccc3cc(C)ccc32)c1.Cc1ccc(-c2cc(C)cc(C)c2)cc1.Cc1ccc(-c2ccc(C)c(C)c2)cc1. The zero-order valence-electron chi connectivity index (χ0n) is 85.6. The van der Waals surface area contributed by atoms with Gasteiger partial charge in [0, 0.05) is 0 Å². The van der Waals surface area contributed by atoms with Gasteiger partial charge in [-0.15, -0.1) is 0 Å². The van der Waals surface area contributed by atoms with Gasteiger partial charge in [0.05, 0.1) is 0 Å². The van der Waals surface area contributed by atoms with E-state index in [9.17, 15) is 0 Å². The van der Waals surface area contributed by atoms with E-state index in [1.54, 1.807) is 5.56 Å². The van der Waals surface area contributed by atoms with Gasteiger partial charge in [-0.1, -0.05) is 528 Å². The fourth-order valence-corrected chi connectivity index (χ4v) is 13.8. The first-order valence-electron chi connectivity index (χ1n) is 48.6. The summed E-state index contributed by atoms with van der Waals surface area (Å²) < 4.78 is 0. The summed E-state index contributed by atoms with van der Waals surface area (Å²) in [4.78, 5) is 0. The van der Waals surface area contributed by atoms with Crippen molar-refractivity contribution in [2.75, 3.05) is 0 Å². The fraction of sp³-hybridized carbons (Fsp3) is 0.438.